The van der Waals surface area contributed by atoms with Gasteiger partial charge in [0.1, 0.15) is 5.82 Å². The van der Waals surface area contributed by atoms with Gasteiger partial charge in [0.05, 0.1) is 34.7 Å². The lowest BCUT2D eigenvalue weighted by Crippen LogP contribution is -2.25. The first-order valence-electron chi connectivity index (χ1n) is 7.83. The number of amides is 2. The van der Waals surface area contributed by atoms with Gasteiger partial charge in [-0.15, -0.1) is 0 Å². The lowest BCUT2D eigenvalue weighted by atomic mass is 10.2. The molecule has 0 aliphatic rings. The second kappa shape index (κ2) is 7.12. The number of carbonyl (C=O) groups is 1. The van der Waals surface area contributed by atoms with Crippen molar-refractivity contribution < 1.29 is 9.18 Å². The Labute approximate surface area is 144 Å². The fourth-order valence-electron chi connectivity index (χ4n) is 2.40. The van der Waals surface area contributed by atoms with Crippen molar-refractivity contribution in [2.24, 2.45) is 0 Å². The first kappa shape index (κ1) is 16.6. The maximum absolute atomic E-state index is 13.8. The lowest BCUT2D eigenvalue weighted by Gasteiger charge is -2.16. The van der Waals surface area contributed by atoms with E-state index in [4.69, 9.17) is 0 Å². The molecular formula is C18H18FN5O. The van der Waals surface area contributed by atoms with Crippen molar-refractivity contribution in [2.75, 3.05) is 17.7 Å². The monoisotopic (exact) mass is 339 g/mol. The van der Waals surface area contributed by atoms with E-state index in [9.17, 15) is 9.18 Å². The molecule has 0 spiro atoms. The normalized spacial score (nSPS) is 11.8. The molecular weight excluding hydrogens is 321 g/mol. The number of aromatic nitrogens is 2. The number of nitrogens with zero attached hydrogens (tertiary/aromatic N) is 2. The van der Waals surface area contributed by atoms with Gasteiger partial charge in [-0.05, 0) is 37.3 Å². The number of halogens is 1. The van der Waals surface area contributed by atoms with Crippen molar-refractivity contribution in [2.45, 2.75) is 13.0 Å². The number of para-hydroxylation sites is 2. The van der Waals surface area contributed by atoms with Crippen LogP contribution in [0.4, 0.5) is 20.6 Å². The molecule has 0 aliphatic heterocycles. The molecule has 0 radical (unpaired) electrons. The van der Waals surface area contributed by atoms with E-state index in [1.54, 1.807) is 12.3 Å². The summed E-state index contributed by atoms with van der Waals surface area (Å²) in [5, 5.41) is 8.07. The minimum absolute atomic E-state index is 0.0983. The molecule has 3 N–H and O–H groups in total. The van der Waals surface area contributed by atoms with E-state index in [2.05, 4.69) is 25.9 Å². The van der Waals surface area contributed by atoms with Gasteiger partial charge in [-0.3, -0.25) is 4.98 Å². The van der Waals surface area contributed by atoms with E-state index in [-0.39, 0.29) is 11.7 Å². The average Bonchev–Trinajstić information content (AvgIpc) is 2.63. The van der Waals surface area contributed by atoms with Crippen LogP contribution in [0, 0.1) is 5.82 Å². The van der Waals surface area contributed by atoms with E-state index in [0.29, 0.717) is 5.69 Å². The van der Waals surface area contributed by atoms with Crippen LogP contribution in [-0.2, 0) is 0 Å². The van der Waals surface area contributed by atoms with Crippen molar-refractivity contribution in [3.63, 3.8) is 0 Å². The fraction of sp³-hybridized carbons (Fsp3) is 0.167. The number of benzene rings is 2. The molecule has 3 rings (SSSR count). The van der Waals surface area contributed by atoms with Gasteiger partial charge in [0.15, 0.2) is 0 Å². The second-order valence-corrected chi connectivity index (χ2v) is 5.55. The quantitative estimate of drug-likeness (QED) is 0.677. The average molecular weight is 339 g/mol. The summed E-state index contributed by atoms with van der Waals surface area (Å²) in [5.74, 6) is -0.507. The van der Waals surface area contributed by atoms with Crippen molar-refractivity contribution in [3.05, 3.63) is 60.2 Å². The lowest BCUT2D eigenvalue weighted by molar-refractivity contribution is 0.254. The van der Waals surface area contributed by atoms with Crippen molar-refractivity contribution >= 4 is 28.4 Å². The second-order valence-electron chi connectivity index (χ2n) is 5.55. The number of nitrogens with one attached hydrogen (secondary N) is 3. The topological polar surface area (TPSA) is 78.9 Å². The highest BCUT2D eigenvalue weighted by molar-refractivity contribution is 5.89. The minimum Gasteiger partial charge on any atom is -0.377 e. The third-order valence-electron chi connectivity index (χ3n) is 3.74. The fourth-order valence-corrected chi connectivity index (χ4v) is 2.40. The van der Waals surface area contributed by atoms with Crippen LogP contribution in [0.2, 0.25) is 0 Å². The zero-order chi connectivity index (χ0) is 17.8. The molecule has 1 aromatic heterocycles. The Morgan fingerprint density at radius 3 is 2.68 bits per heavy atom. The molecule has 2 amide bonds. The molecule has 1 atom stereocenters. The van der Waals surface area contributed by atoms with Gasteiger partial charge in [0.2, 0.25) is 0 Å². The van der Waals surface area contributed by atoms with Gasteiger partial charge >= 0.3 is 6.03 Å². The zero-order valence-electron chi connectivity index (χ0n) is 13.9. The first-order valence-corrected chi connectivity index (χ1v) is 7.83. The molecule has 25 heavy (non-hydrogen) atoms. The van der Waals surface area contributed by atoms with E-state index in [0.717, 1.165) is 16.7 Å². The van der Waals surface area contributed by atoms with Gasteiger partial charge in [0.25, 0.3) is 0 Å². The van der Waals surface area contributed by atoms with Crippen LogP contribution in [0.25, 0.3) is 11.0 Å². The minimum atomic E-state index is -0.507. The molecule has 7 heteroatoms. The summed E-state index contributed by atoms with van der Waals surface area (Å²) in [7, 11) is 1.47. The third kappa shape index (κ3) is 3.82. The standard InChI is InChI=1S/C18H18FN5O/c1-11(17-10-21-14-5-3-4-6-15(14)23-17)22-12-7-8-13(19)16(9-12)24-18(25)20-2/h3-11,22H,1-2H3,(H2,20,24,25). The molecule has 0 saturated heterocycles. The van der Waals surface area contributed by atoms with E-state index >= 15 is 0 Å². The molecule has 2 aromatic carbocycles. The van der Waals surface area contributed by atoms with Gasteiger partial charge in [-0.2, -0.15) is 0 Å². The largest absolute Gasteiger partial charge is 0.377 e. The van der Waals surface area contributed by atoms with E-state index in [1.807, 2.05) is 31.2 Å². The number of urea groups is 1. The predicted molar refractivity (Wildman–Crippen MR) is 96.1 cm³/mol. The van der Waals surface area contributed by atoms with Crippen LogP contribution >= 0.6 is 0 Å². The van der Waals surface area contributed by atoms with Gasteiger partial charge in [-0.1, -0.05) is 12.1 Å². The van der Waals surface area contributed by atoms with Crippen LogP contribution in [-0.4, -0.2) is 23.0 Å². The third-order valence-corrected chi connectivity index (χ3v) is 3.74. The number of anilines is 2. The molecule has 1 heterocycles. The van der Waals surface area contributed by atoms with Crippen LogP contribution < -0.4 is 16.0 Å². The number of carbonyl (C=O) groups excluding carboxylic acids is 1. The number of hydrogen-bond donors (Lipinski definition) is 3. The van der Waals surface area contributed by atoms with Gasteiger partial charge in [0, 0.05) is 12.7 Å². The maximum atomic E-state index is 13.8. The highest BCUT2D eigenvalue weighted by Crippen LogP contribution is 2.24. The Kier molecular flexibility index (Phi) is 4.74. The predicted octanol–water partition coefficient (Wildman–Crippen LogP) is 3.69. The summed E-state index contributed by atoms with van der Waals surface area (Å²) >= 11 is 0. The van der Waals surface area contributed by atoms with Crippen molar-refractivity contribution in [1.82, 2.24) is 15.3 Å². The molecule has 1 unspecified atom stereocenters. The molecule has 3 aromatic rings. The molecule has 0 saturated carbocycles. The van der Waals surface area contributed by atoms with Gasteiger partial charge in [-0.25, -0.2) is 14.2 Å². The SMILES string of the molecule is CNC(=O)Nc1cc(NC(C)c2cnc3ccccc3n2)ccc1F. The van der Waals surface area contributed by atoms with E-state index < -0.39 is 11.8 Å². The van der Waals surface area contributed by atoms with E-state index in [1.165, 1.54) is 19.2 Å². The van der Waals surface area contributed by atoms with Crippen molar-refractivity contribution in [1.29, 1.82) is 0 Å². The Bertz CT molecular complexity index is 915. The molecule has 128 valence electrons. The Hall–Kier alpha value is -3.22. The summed E-state index contributed by atoms with van der Waals surface area (Å²) in [5.41, 5.74) is 3.17. The maximum Gasteiger partial charge on any atom is 0.319 e. The van der Waals surface area contributed by atoms with Crippen LogP contribution in [0.5, 0.6) is 0 Å². The smallest absolute Gasteiger partial charge is 0.319 e. The number of rotatable bonds is 4. The molecule has 0 bridgehead atoms. The first-order chi connectivity index (χ1) is 12.1. The number of hydrogen-bond acceptors (Lipinski definition) is 4. The molecule has 6 nitrogen and oxygen atoms in total. The Morgan fingerprint density at radius 2 is 1.92 bits per heavy atom. The molecule has 0 fully saturated rings. The van der Waals surface area contributed by atoms with Gasteiger partial charge < -0.3 is 16.0 Å². The zero-order valence-corrected chi connectivity index (χ0v) is 13.9. The summed E-state index contributed by atoms with van der Waals surface area (Å²) in [6.07, 6.45) is 1.72. The van der Waals surface area contributed by atoms with Crippen molar-refractivity contribution in [3.8, 4) is 0 Å². The van der Waals surface area contributed by atoms with Crippen LogP contribution in [0.15, 0.2) is 48.7 Å². The Balaban J connectivity index is 1.80. The summed E-state index contributed by atoms with van der Waals surface area (Å²) in [4.78, 5) is 20.4. The number of fused-ring (bicyclic) bond motifs is 1. The molecule has 0 aliphatic carbocycles. The summed E-state index contributed by atoms with van der Waals surface area (Å²) < 4.78 is 13.8. The van der Waals surface area contributed by atoms with Crippen LogP contribution in [0.3, 0.4) is 0 Å². The highest BCUT2D eigenvalue weighted by atomic mass is 19.1. The summed E-state index contributed by atoms with van der Waals surface area (Å²) in [6, 6.07) is 11.5. The van der Waals surface area contributed by atoms with Crippen LogP contribution in [0.1, 0.15) is 18.7 Å². The Morgan fingerprint density at radius 1 is 1.16 bits per heavy atom. The summed E-state index contributed by atoms with van der Waals surface area (Å²) in [6.45, 7) is 1.94. The highest BCUT2D eigenvalue weighted by Gasteiger charge is 2.11.